The van der Waals surface area contributed by atoms with Crippen molar-refractivity contribution in [1.82, 2.24) is 4.98 Å². The summed E-state index contributed by atoms with van der Waals surface area (Å²) in [6.45, 7) is 3.75. The van der Waals surface area contributed by atoms with Gasteiger partial charge < -0.3 is 24.2 Å². The van der Waals surface area contributed by atoms with Gasteiger partial charge >= 0.3 is 0 Å². The molecule has 2 unspecified atom stereocenters. The van der Waals surface area contributed by atoms with Gasteiger partial charge in [-0.05, 0) is 49.2 Å². The Morgan fingerprint density at radius 3 is 2.75 bits per heavy atom. The van der Waals surface area contributed by atoms with Crippen LogP contribution in [0.25, 0.3) is 0 Å². The second-order valence-electron chi connectivity index (χ2n) is 7.92. The van der Waals surface area contributed by atoms with Crippen LogP contribution in [-0.4, -0.2) is 43.0 Å². The van der Waals surface area contributed by atoms with Crippen molar-refractivity contribution in [3.05, 3.63) is 78.0 Å². The van der Waals surface area contributed by atoms with Crippen LogP contribution in [0.2, 0.25) is 0 Å². The molecule has 6 heteroatoms. The van der Waals surface area contributed by atoms with Crippen molar-refractivity contribution in [2.45, 2.75) is 32.0 Å². The largest absolute Gasteiger partial charge is 0.472 e. The molecule has 1 aliphatic rings. The van der Waals surface area contributed by atoms with Crippen LogP contribution in [-0.2, 0) is 11.2 Å². The van der Waals surface area contributed by atoms with Crippen molar-refractivity contribution >= 4 is 5.69 Å². The Balaban J connectivity index is 1.50. The highest BCUT2D eigenvalue weighted by atomic mass is 16.5. The number of methoxy groups -OCH3 is 1. The summed E-state index contributed by atoms with van der Waals surface area (Å²) in [6, 6.07) is 19.7. The van der Waals surface area contributed by atoms with Gasteiger partial charge in [-0.3, -0.25) is 0 Å². The third-order valence-electron chi connectivity index (χ3n) is 5.78. The molecule has 0 amide bonds. The Hall–Kier alpha value is -3.09. The molecule has 1 fully saturated rings. The molecule has 1 aliphatic heterocycles. The summed E-state index contributed by atoms with van der Waals surface area (Å²) in [6.07, 6.45) is 3.25. The molecule has 1 N–H and O–H groups in total. The zero-order chi connectivity index (χ0) is 22.3. The maximum absolute atomic E-state index is 9.65. The van der Waals surface area contributed by atoms with Crippen LogP contribution in [0.3, 0.4) is 0 Å². The first-order valence-electron chi connectivity index (χ1n) is 11.0. The maximum Gasteiger partial charge on any atom is 0.213 e. The summed E-state index contributed by atoms with van der Waals surface area (Å²) in [7, 11) is 1.69. The first-order chi connectivity index (χ1) is 15.7. The normalized spacial score (nSPS) is 16.7. The summed E-state index contributed by atoms with van der Waals surface area (Å²) in [5.41, 5.74) is 3.16. The molecule has 0 radical (unpaired) electrons. The van der Waals surface area contributed by atoms with E-state index in [0.29, 0.717) is 12.3 Å². The monoisotopic (exact) mass is 434 g/mol. The van der Waals surface area contributed by atoms with Crippen molar-refractivity contribution < 1.29 is 19.3 Å². The molecule has 32 heavy (non-hydrogen) atoms. The van der Waals surface area contributed by atoms with E-state index in [1.807, 2.05) is 61.5 Å². The maximum atomic E-state index is 9.65. The van der Waals surface area contributed by atoms with E-state index in [1.54, 1.807) is 13.3 Å². The molecule has 168 valence electrons. The Morgan fingerprint density at radius 2 is 1.97 bits per heavy atom. The highest BCUT2D eigenvalue weighted by molar-refractivity contribution is 5.58. The lowest BCUT2D eigenvalue weighted by atomic mass is 10.1. The van der Waals surface area contributed by atoms with Crippen LogP contribution in [0, 0.1) is 0 Å². The number of ether oxygens (including phenoxy) is 3. The topological polar surface area (TPSA) is 64.1 Å². The highest BCUT2D eigenvalue weighted by Gasteiger charge is 2.26. The predicted octanol–water partition coefficient (Wildman–Crippen LogP) is 4.77. The van der Waals surface area contributed by atoms with Crippen molar-refractivity contribution in [3.8, 4) is 17.4 Å². The van der Waals surface area contributed by atoms with Crippen LogP contribution in [0.15, 0.2) is 66.9 Å². The molecule has 0 saturated carbocycles. The minimum atomic E-state index is -0.0666. The average molecular weight is 435 g/mol. The summed E-state index contributed by atoms with van der Waals surface area (Å²) >= 11 is 0. The van der Waals surface area contributed by atoms with Gasteiger partial charge in [0.2, 0.25) is 5.88 Å². The van der Waals surface area contributed by atoms with Gasteiger partial charge in [-0.15, -0.1) is 0 Å². The Kier molecular flexibility index (Phi) is 7.24. The molecule has 4 rings (SSSR count). The molecule has 1 saturated heterocycles. The molecule has 0 aliphatic carbocycles. The molecule has 3 aromatic rings. The number of anilines is 1. The molecule has 0 bridgehead atoms. The molecular weight excluding hydrogens is 404 g/mol. The first-order valence-corrected chi connectivity index (χ1v) is 11.0. The lowest BCUT2D eigenvalue weighted by Crippen LogP contribution is -2.25. The van der Waals surface area contributed by atoms with Crippen molar-refractivity contribution in [1.29, 1.82) is 0 Å². The molecule has 2 aromatic carbocycles. The van der Waals surface area contributed by atoms with Crippen LogP contribution < -0.4 is 14.4 Å². The summed E-state index contributed by atoms with van der Waals surface area (Å²) in [5.74, 6) is 2.17. The predicted molar refractivity (Wildman–Crippen MR) is 125 cm³/mol. The van der Waals surface area contributed by atoms with Gasteiger partial charge in [0, 0.05) is 50.2 Å². The first kappa shape index (κ1) is 22.1. The van der Waals surface area contributed by atoms with Gasteiger partial charge in [0.1, 0.15) is 17.6 Å². The standard InChI is InChI=1S/C26H30N2O4/c1-19(30-2)23-7-3-4-8-25(23)31-21-10-11-24(20(17-21)13-16-29)28-15-12-22(18-28)32-26-9-5-6-14-27-26/h3-11,14,17,19,22,29H,12-13,15-16,18H2,1-2H3. The number of para-hydroxylation sites is 1. The number of hydrogen-bond acceptors (Lipinski definition) is 6. The Labute approximate surface area is 189 Å². The van der Waals surface area contributed by atoms with Crippen molar-refractivity contribution in [2.24, 2.45) is 0 Å². The van der Waals surface area contributed by atoms with Crippen molar-refractivity contribution in [2.75, 3.05) is 31.7 Å². The lowest BCUT2D eigenvalue weighted by Gasteiger charge is -2.23. The van der Waals surface area contributed by atoms with Crippen LogP contribution in [0.4, 0.5) is 5.69 Å². The molecule has 0 spiro atoms. The second kappa shape index (κ2) is 10.5. The van der Waals surface area contributed by atoms with E-state index in [2.05, 4.69) is 16.0 Å². The zero-order valence-electron chi connectivity index (χ0n) is 18.6. The number of hydrogen-bond donors (Lipinski definition) is 1. The van der Waals surface area contributed by atoms with Gasteiger partial charge in [-0.1, -0.05) is 24.3 Å². The molecule has 2 atom stereocenters. The van der Waals surface area contributed by atoms with Crippen molar-refractivity contribution in [3.63, 3.8) is 0 Å². The number of aliphatic hydroxyl groups excluding tert-OH is 1. The molecule has 2 heterocycles. The van der Waals surface area contributed by atoms with Gasteiger partial charge in [0.05, 0.1) is 12.6 Å². The summed E-state index contributed by atoms with van der Waals surface area (Å²) in [4.78, 5) is 6.57. The van der Waals surface area contributed by atoms with E-state index in [1.165, 1.54) is 0 Å². The van der Waals surface area contributed by atoms with Gasteiger partial charge in [0.25, 0.3) is 0 Å². The average Bonchev–Trinajstić information content (AvgIpc) is 3.28. The second-order valence-corrected chi connectivity index (χ2v) is 7.92. The van der Waals surface area contributed by atoms with E-state index in [9.17, 15) is 5.11 Å². The molecular formula is C26H30N2O4. The lowest BCUT2D eigenvalue weighted by molar-refractivity contribution is 0.117. The van der Waals surface area contributed by atoms with Gasteiger partial charge in [-0.2, -0.15) is 0 Å². The summed E-state index contributed by atoms with van der Waals surface area (Å²) < 4.78 is 17.7. The van der Waals surface area contributed by atoms with Gasteiger partial charge in [0.15, 0.2) is 0 Å². The van der Waals surface area contributed by atoms with E-state index >= 15 is 0 Å². The fourth-order valence-corrected chi connectivity index (χ4v) is 4.05. The number of pyridine rings is 1. The molecule has 6 nitrogen and oxygen atoms in total. The number of nitrogens with zero attached hydrogens (tertiary/aromatic N) is 2. The summed E-state index contributed by atoms with van der Waals surface area (Å²) in [5, 5.41) is 9.65. The minimum Gasteiger partial charge on any atom is -0.472 e. The minimum absolute atomic E-state index is 0.0666. The fraction of sp³-hybridized carbons (Fsp3) is 0.346. The number of benzene rings is 2. The SMILES string of the molecule is COC(C)c1ccccc1Oc1ccc(N2CCC(Oc3ccccn3)C2)c(CCO)c1. The van der Waals surface area contributed by atoms with E-state index < -0.39 is 0 Å². The van der Waals surface area contributed by atoms with E-state index in [-0.39, 0.29) is 18.8 Å². The van der Waals surface area contributed by atoms with E-state index in [4.69, 9.17) is 14.2 Å². The highest BCUT2D eigenvalue weighted by Crippen LogP contribution is 2.34. The number of aliphatic hydroxyl groups is 1. The van der Waals surface area contributed by atoms with Crippen LogP contribution in [0.5, 0.6) is 17.4 Å². The van der Waals surface area contributed by atoms with Crippen LogP contribution in [0.1, 0.15) is 30.6 Å². The van der Waals surface area contributed by atoms with Gasteiger partial charge in [-0.25, -0.2) is 4.98 Å². The third-order valence-corrected chi connectivity index (χ3v) is 5.78. The number of rotatable bonds is 9. The Bertz CT molecular complexity index is 1010. The van der Waals surface area contributed by atoms with E-state index in [0.717, 1.165) is 47.8 Å². The third kappa shape index (κ3) is 5.21. The quantitative estimate of drug-likeness (QED) is 0.523. The fourth-order valence-electron chi connectivity index (χ4n) is 4.05. The van der Waals surface area contributed by atoms with Crippen LogP contribution >= 0.6 is 0 Å². The molecule has 1 aromatic heterocycles. The zero-order valence-corrected chi connectivity index (χ0v) is 18.6. The number of aromatic nitrogens is 1. The Morgan fingerprint density at radius 1 is 1.12 bits per heavy atom. The smallest absolute Gasteiger partial charge is 0.213 e.